The molecule has 0 aromatic rings. The molecule has 0 amide bonds. The van der Waals surface area contributed by atoms with Gasteiger partial charge in [-0.15, -0.1) is 0 Å². The van der Waals surface area contributed by atoms with Gasteiger partial charge in [-0.1, -0.05) is 6.42 Å². The van der Waals surface area contributed by atoms with E-state index < -0.39 is 181 Å². The predicted octanol–water partition coefficient (Wildman–Crippen LogP) is 22.9. The molecule has 0 N–H and O–H groups in total. The van der Waals surface area contributed by atoms with Gasteiger partial charge in [0.05, 0.1) is 0 Å². The molecule has 542 valence electrons. The van der Waals surface area contributed by atoms with Crippen molar-refractivity contribution in [3.8, 4) is 0 Å². The van der Waals surface area contributed by atoms with E-state index in [1.54, 1.807) is 26.2 Å². The molecule has 0 spiro atoms. The molecule has 0 saturated carbocycles. The Morgan fingerprint density at radius 1 is 0.281 bits per heavy atom. The minimum Gasteiger partial charge on any atom is -0.437 e. The van der Waals surface area contributed by atoms with Crippen LogP contribution >= 0.6 is 0 Å². The van der Waals surface area contributed by atoms with Gasteiger partial charge in [0, 0.05) is 38.7 Å². The highest BCUT2D eigenvalue weighted by molar-refractivity contribution is 6.91. The van der Waals surface area contributed by atoms with Crippen LogP contribution in [0.3, 0.4) is 0 Å². The smallest absolute Gasteiger partial charge is 0.389 e. The lowest BCUT2D eigenvalue weighted by atomic mass is 10.4. The first-order valence-electron chi connectivity index (χ1n) is 30.4. The maximum atomic E-state index is 12.6. The van der Waals surface area contributed by atoms with Crippen LogP contribution in [0.15, 0.2) is 0 Å². The van der Waals surface area contributed by atoms with Crippen LogP contribution in [0.4, 0.5) is 65.9 Å². The number of rotatable bonds is 28. The Balaban J connectivity index is -0.000000511. The van der Waals surface area contributed by atoms with Crippen LogP contribution < -0.4 is 0 Å². The summed E-state index contributed by atoms with van der Waals surface area (Å²) in [6.07, 6.45) is -22.6. The molecule has 1 fully saturated rings. The second kappa shape index (κ2) is 36.1. The molecule has 1 aliphatic heterocycles. The Bertz CT molecular complexity index is 1790. The maximum absolute atomic E-state index is 12.6. The summed E-state index contributed by atoms with van der Waals surface area (Å²) in [5, 5.41) is 0. The van der Waals surface area contributed by atoms with Crippen molar-refractivity contribution < 1.29 is 107 Å². The first-order chi connectivity index (χ1) is 38.1. The minimum atomic E-state index is -4.19. The molecule has 2 atom stereocenters. The highest BCUT2D eigenvalue weighted by atomic mass is 28.5. The zero-order valence-electron chi connectivity index (χ0n) is 60.2. The van der Waals surface area contributed by atoms with E-state index in [-0.39, 0.29) is 30.2 Å². The van der Waals surface area contributed by atoms with Crippen molar-refractivity contribution >= 4 is 118 Å². The molecule has 0 aliphatic carbocycles. The zero-order valence-corrected chi connectivity index (χ0v) is 74.2. The van der Waals surface area contributed by atoms with Crippen LogP contribution in [0.25, 0.3) is 0 Å². The van der Waals surface area contributed by atoms with Gasteiger partial charge in [-0.2, -0.15) is 65.9 Å². The quantitative estimate of drug-likeness (QED) is 0.0557. The van der Waals surface area contributed by atoms with Crippen molar-refractivity contribution in [1.82, 2.24) is 0 Å². The summed E-state index contributed by atoms with van der Waals surface area (Å²) < 4.78 is 245. The van der Waals surface area contributed by atoms with Gasteiger partial charge < -0.3 is 41.5 Å². The highest BCUT2D eigenvalue weighted by Crippen LogP contribution is 2.37. The van der Waals surface area contributed by atoms with Crippen LogP contribution in [0.1, 0.15) is 44.9 Å². The predicted molar refractivity (Wildman–Crippen MR) is 369 cm³/mol. The Morgan fingerprint density at radius 3 is 0.629 bits per heavy atom. The van der Waals surface area contributed by atoms with Crippen molar-refractivity contribution in [2.45, 2.75) is 315 Å². The standard InChI is InChI=1S/C12H31F3O3Si4.3C10H25F3O2Si3.C8H15F3OSi/c1-19(2,3)16-21(7,8)18-22(9,17-20(4,5)6)11-10-12(13,14)15;3*1-16(2,3)14-18(7,15-17(4,5)6)9-8-10(11,12)13;1-13(6-3-2-5-12-13)7-4-8(9,10)11/h10-11H2,1-9H3;3*8-9H2,1-7H3;2-7H2,1H3. The van der Waals surface area contributed by atoms with Gasteiger partial charge in [-0.05, 0) is 246 Å². The van der Waals surface area contributed by atoms with E-state index in [0.29, 0.717) is 6.61 Å². The van der Waals surface area contributed by atoms with E-state index in [2.05, 4.69) is 19.6 Å². The van der Waals surface area contributed by atoms with Crippen molar-refractivity contribution in [3.63, 3.8) is 0 Å². The molecule has 39 heteroatoms. The van der Waals surface area contributed by atoms with E-state index in [1.165, 1.54) is 0 Å². The third-order valence-electron chi connectivity index (χ3n) is 10.6. The molecule has 1 heterocycles. The average Bonchev–Trinajstić information content (AvgIpc) is 3.14. The third kappa shape index (κ3) is 67.9. The summed E-state index contributed by atoms with van der Waals surface area (Å²) >= 11 is 0. The molecule has 1 aliphatic rings. The molecular weight excluding hydrogens is 1440 g/mol. The molecule has 89 heavy (non-hydrogen) atoms. The molecule has 1 saturated heterocycles. The Morgan fingerprint density at radius 2 is 0.472 bits per heavy atom. The molecule has 10 nitrogen and oxygen atoms in total. The first-order valence-corrected chi connectivity index (χ1v) is 73.4. The number of halogens is 15. The van der Waals surface area contributed by atoms with Crippen LogP contribution in [0.2, 0.25) is 239 Å². The molecule has 0 bridgehead atoms. The first kappa shape index (κ1) is 97.0. The second-order valence-electron chi connectivity index (χ2n) is 32.1. The van der Waals surface area contributed by atoms with Gasteiger partial charge in [-0.3, -0.25) is 0 Å². The number of hydrogen-bond acceptors (Lipinski definition) is 10. The van der Waals surface area contributed by atoms with Gasteiger partial charge in [0.1, 0.15) is 0 Å². The second-order valence-corrected chi connectivity index (χ2v) is 91.3. The van der Waals surface area contributed by atoms with Gasteiger partial charge in [-0.25, -0.2) is 0 Å². The topological polar surface area (TPSA) is 92.3 Å². The summed E-state index contributed by atoms with van der Waals surface area (Å²) in [5.41, 5.74) is 0. The summed E-state index contributed by atoms with van der Waals surface area (Å²) in [6.45, 7) is 61.3. The van der Waals surface area contributed by atoms with Crippen molar-refractivity contribution in [2.75, 3.05) is 6.61 Å². The Labute approximate surface area is 543 Å². The molecular formula is C50H121F15O10Si14. The number of hydrogen-bond donors (Lipinski definition) is 0. The van der Waals surface area contributed by atoms with Gasteiger partial charge in [0.25, 0.3) is 0 Å². The van der Waals surface area contributed by atoms with E-state index in [0.717, 1.165) is 18.9 Å². The summed E-state index contributed by atoms with van der Waals surface area (Å²) in [5.74, 6) is 0. The molecule has 0 aromatic carbocycles. The Hall–Kier alpha value is 1.59. The normalized spacial score (nSPS) is 17.9. The molecule has 1 rings (SSSR count). The lowest BCUT2D eigenvalue weighted by molar-refractivity contribution is -0.132. The minimum absolute atomic E-state index is 0.00889. The zero-order chi connectivity index (χ0) is 72.5. The highest BCUT2D eigenvalue weighted by Gasteiger charge is 2.49. The molecule has 0 radical (unpaired) electrons. The lowest BCUT2D eigenvalue weighted by Crippen LogP contribution is -2.57. The molecule has 2 unspecified atom stereocenters. The number of alkyl halides is 15. The Kier molecular flexibility index (Phi) is 39.3. The van der Waals surface area contributed by atoms with Gasteiger partial charge in [0.2, 0.25) is 0 Å². The maximum Gasteiger partial charge on any atom is 0.389 e. The van der Waals surface area contributed by atoms with E-state index in [4.69, 9.17) is 41.5 Å². The third-order valence-corrected chi connectivity index (χ3v) is 56.2. The fourth-order valence-corrected chi connectivity index (χ4v) is 67.6. The van der Waals surface area contributed by atoms with E-state index in [1.807, 2.05) is 157 Å². The van der Waals surface area contributed by atoms with Gasteiger partial charge in [0.15, 0.2) is 74.9 Å². The fraction of sp³-hybridized carbons (Fsp3) is 1.00. The van der Waals surface area contributed by atoms with Crippen LogP contribution in [-0.2, 0) is 41.5 Å². The SMILES string of the molecule is C[Si](C)(C)O[Si](C)(C)O[Si](C)(CCC(F)(F)F)O[Si](C)(C)C.C[Si](C)(C)O[Si](C)(CCC(F)(F)F)O[Si](C)(C)C.C[Si](C)(C)O[Si](C)(CCC(F)(F)F)O[Si](C)(C)C.C[Si](C)(C)O[Si](C)(CCC(F)(F)F)O[Si](C)(C)C.C[Si]1(CCC(F)(F)F)CCCCO1. The largest absolute Gasteiger partial charge is 0.437 e. The van der Waals surface area contributed by atoms with Crippen molar-refractivity contribution in [3.05, 3.63) is 0 Å². The van der Waals surface area contributed by atoms with Gasteiger partial charge >= 0.3 is 73.7 Å². The van der Waals surface area contributed by atoms with E-state index in [9.17, 15) is 65.9 Å². The summed E-state index contributed by atoms with van der Waals surface area (Å²) in [7, 11) is -30.8. The summed E-state index contributed by atoms with van der Waals surface area (Å²) in [6, 6.07) is 1.02. The van der Waals surface area contributed by atoms with Crippen molar-refractivity contribution in [1.29, 1.82) is 0 Å². The average molecular weight is 1560 g/mol. The van der Waals surface area contributed by atoms with Crippen LogP contribution in [0, 0.1) is 0 Å². The lowest BCUT2D eigenvalue weighted by Gasteiger charge is -2.41. The van der Waals surface area contributed by atoms with Crippen LogP contribution in [0.5, 0.6) is 0 Å². The van der Waals surface area contributed by atoms with Crippen molar-refractivity contribution in [2.24, 2.45) is 0 Å². The molecule has 0 aromatic heterocycles. The van der Waals surface area contributed by atoms with Crippen LogP contribution in [-0.4, -0.2) is 155 Å². The monoisotopic (exact) mass is 1560 g/mol. The van der Waals surface area contributed by atoms with E-state index >= 15 is 0 Å². The summed E-state index contributed by atoms with van der Waals surface area (Å²) in [4.78, 5) is 0. The fourth-order valence-electron chi connectivity index (χ4n) is 9.37.